The third kappa shape index (κ3) is 3.29. The molecule has 0 atom stereocenters. The van der Waals surface area contributed by atoms with Crippen molar-refractivity contribution < 1.29 is 21.6 Å². The van der Waals surface area contributed by atoms with E-state index in [9.17, 15) is 21.6 Å². The molecule has 0 aliphatic rings. The van der Waals surface area contributed by atoms with Crippen LogP contribution < -0.4 is 4.72 Å². The predicted octanol–water partition coefficient (Wildman–Crippen LogP) is 3.71. The van der Waals surface area contributed by atoms with Crippen LogP contribution >= 0.6 is 15.9 Å². The molecular formula is C15H11BrF3N3O2S. The number of benzene rings is 1. The molecule has 5 nitrogen and oxygen atoms in total. The molecule has 0 radical (unpaired) electrons. The van der Waals surface area contributed by atoms with Crippen molar-refractivity contribution in [1.82, 2.24) is 14.3 Å². The number of pyridine rings is 1. The lowest BCUT2D eigenvalue weighted by Gasteiger charge is -2.09. The minimum atomic E-state index is -4.41. The highest BCUT2D eigenvalue weighted by atomic mass is 79.9. The van der Waals surface area contributed by atoms with Crippen LogP contribution in [0.3, 0.4) is 0 Å². The van der Waals surface area contributed by atoms with Gasteiger partial charge in [-0.15, -0.1) is 0 Å². The molecule has 0 spiro atoms. The molecule has 2 aromatic heterocycles. The first-order chi connectivity index (χ1) is 11.6. The number of nitrogens with one attached hydrogen (secondary N) is 1. The van der Waals surface area contributed by atoms with Crippen LogP contribution in [-0.2, 0) is 16.2 Å². The molecule has 1 N–H and O–H groups in total. The Balaban J connectivity index is 2.12. The summed E-state index contributed by atoms with van der Waals surface area (Å²) in [5, 5.41) is 0.524. The number of fused-ring (bicyclic) bond motifs is 1. The summed E-state index contributed by atoms with van der Waals surface area (Å²) in [6.07, 6.45) is -1.59. The van der Waals surface area contributed by atoms with Crippen molar-refractivity contribution in [3.05, 3.63) is 52.8 Å². The summed E-state index contributed by atoms with van der Waals surface area (Å²) < 4.78 is 66.2. The minimum absolute atomic E-state index is 0.00614. The first kappa shape index (κ1) is 17.9. The minimum Gasteiger partial charge on any atom is -0.300 e. The summed E-state index contributed by atoms with van der Waals surface area (Å²) in [4.78, 5) is 4.15. The van der Waals surface area contributed by atoms with Gasteiger partial charge in [-0.3, -0.25) is 0 Å². The zero-order chi connectivity index (χ0) is 18.4. The quantitative estimate of drug-likeness (QED) is 0.684. The molecule has 132 valence electrons. The van der Waals surface area contributed by atoms with Gasteiger partial charge in [-0.1, -0.05) is 0 Å². The van der Waals surface area contributed by atoms with E-state index in [4.69, 9.17) is 0 Å². The van der Waals surface area contributed by atoms with Crippen molar-refractivity contribution in [2.75, 3.05) is 7.05 Å². The summed E-state index contributed by atoms with van der Waals surface area (Å²) in [6.45, 7) is 0. The number of rotatable bonds is 3. The standard InChI is InChI=1S/C15H11BrF3N3O2S/c1-20-25(23,24)11-6-12-13(16)8-22(14(12)21-7-11)10-4-2-9(3-5-10)15(17,18)19/h2-8,20H,1H3. The van der Waals surface area contributed by atoms with Crippen LogP contribution in [0.25, 0.3) is 16.7 Å². The summed E-state index contributed by atoms with van der Waals surface area (Å²) in [5.74, 6) is 0. The third-order valence-electron chi connectivity index (χ3n) is 3.62. The number of nitrogens with zero attached hydrogens (tertiary/aromatic N) is 2. The second-order valence-corrected chi connectivity index (χ2v) is 7.88. The van der Waals surface area contributed by atoms with E-state index in [2.05, 4.69) is 25.6 Å². The lowest BCUT2D eigenvalue weighted by Crippen LogP contribution is -2.18. The Morgan fingerprint density at radius 3 is 2.40 bits per heavy atom. The normalized spacial score (nSPS) is 12.7. The highest BCUT2D eigenvalue weighted by Crippen LogP contribution is 2.32. The highest BCUT2D eigenvalue weighted by molar-refractivity contribution is 9.10. The number of halogens is 4. The fourth-order valence-electron chi connectivity index (χ4n) is 2.32. The maximum atomic E-state index is 12.7. The fraction of sp³-hybridized carbons (Fsp3) is 0.133. The molecule has 1 aromatic carbocycles. The Labute approximate surface area is 149 Å². The Bertz CT molecular complexity index is 1040. The molecule has 3 rings (SSSR count). The number of sulfonamides is 1. The van der Waals surface area contributed by atoms with Crippen molar-refractivity contribution in [1.29, 1.82) is 0 Å². The van der Waals surface area contributed by atoms with E-state index in [-0.39, 0.29) is 4.90 Å². The van der Waals surface area contributed by atoms with Gasteiger partial charge in [-0.2, -0.15) is 13.2 Å². The number of hydrogen-bond acceptors (Lipinski definition) is 3. The van der Waals surface area contributed by atoms with Gasteiger partial charge in [-0.05, 0) is 53.3 Å². The van der Waals surface area contributed by atoms with E-state index in [1.807, 2.05) is 0 Å². The molecule has 0 amide bonds. The molecule has 0 unspecified atom stereocenters. The largest absolute Gasteiger partial charge is 0.416 e. The maximum Gasteiger partial charge on any atom is 0.416 e. The molecule has 25 heavy (non-hydrogen) atoms. The molecule has 10 heteroatoms. The van der Waals surface area contributed by atoms with Crippen molar-refractivity contribution in [2.24, 2.45) is 0 Å². The Kier molecular flexibility index (Phi) is 4.38. The van der Waals surface area contributed by atoms with Gasteiger partial charge in [0, 0.05) is 27.9 Å². The Hall–Kier alpha value is -1.91. The first-order valence-electron chi connectivity index (χ1n) is 6.91. The SMILES string of the molecule is CNS(=O)(=O)c1cnc2c(c1)c(Br)cn2-c1ccc(C(F)(F)F)cc1. The van der Waals surface area contributed by atoms with Crippen molar-refractivity contribution in [3.63, 3.8) is 0 Å². The highest BCUT2D eigenvalue weighted by Gasteiger charge is 2.30. The monoisotopic (exact) mass is 433 g/mol. The zero-order valence-electron chi connectivity index (χ0n) is 12.7. The van der Waals surface area contributed by atoms with Gasteiger partial charge in [0.25, 0.3) is 0 Å². The average Bonchev–Trinajstić information content (AvgIpc) is 2.91. The molecular weight excluding hydrogens is 423 g/mol. The van der Waals surface area contributed by atoms with Crippen LogP contribution in [-0.4, -0.2) is 25.0 Å². The molecule has 0 aliphatic heterocycles. The molecule has 0 saturated heterocycles. The van der Waals surface area contributed by atoms with E-state index in [0.717, 1.165) is 12.1 Å². The molecule has 3 aromatic rings. The summed E-state index contributed by atoms with van der Waals surface area (Å²) >= 11 is 3.33. The average molecular weight is 434 g/mol. The second-order valence-electron chi connectivity index (χ2n) is 5.14. The fourth-order valence-corrected chi connectivity index (χ4v) is 3.52. The summed E-state index contributed by atoms with van der Waals surface area (Å²) in [5.41, 5.74) is 0.143. The first-order valence-corrected chi connectivity index (χ1v) is 9.19. The van der Waals surface area contributed by atoms with E-state index in [0.29, 0.717) is 21.2 Å². The third-order valence-corrected chi connectivity index (χ3v) is 5.63. The van der Waals surface area contributed by atoms with Crippen molar-refractivity contribution >= 4 is 37.0 Å². The molecule has 0 aliphatic carbocycles. The van der Waals surface area contributed by atoms with Crippen LogP contribution in [0.5, 0.6) is 0 Å². The van der Waals surface area contributed by atoms with Crippen molar-refractivity contribution in [3.8, 4) is 5.69 Å². The number of hydrogen-bond donors (Lipinski definition) is 1. The van der Waals surface area contributed by atoms with Gasteiger partial charge in [0.1, 0.15) is 10.5 Å². The lowest BCUT2D eigenvalue weighted by molar-refractivity contribution is -0.137. The van der Waals surface area contributed by atoms with Crippen LogP contribution in [0.4, 0.5) is 13.2 Å². The van der Waals surface area contributed by atoms with Gasteiger partial charge in [-0.25, -0.2) is 18.1 Å². The van der Waals surface area contributed by atoms with Crippen LogP contribution in [0.1, 0.15) is 5.56 Å². The summed E-state index contributed by atoms with van der Waals surface area (Å²) in [6, 6.07) is 6.06. The smallest absolute Gasteiger partial charge is 0.300 e. The van der Waals surface area contributed by atoms with E-state index >= 15 is 0 Å². The van der Waals surface area contributed by atoms with E-state index in [1.165, 1.54) is 31.4 Å². The van der Waals surface area contributed by atoms with Crippen LogP contribution in [0.15, 0.2) is 52.1 Å². The lowest BCUT2D eigenvalue weighted by atomic mass is 10.2. The predicted molar refractivity (Wildman–Crippen MR) is 90.0 cm³/mol. The van der Waals surface area contributed by atoms with Gasteiger partial charge < -0.3 is 4.57 Å². The van der Waals surface area contributed by atoms with Crippen LogP contribution in [0.2, 0.25) is 0 Å². The molecule has 0 fully saturated rings. The van der Waals surface area contributed by atoms with Crippen LogP contribution in [0, 0.1) is 0 Å². The second kappa shape index (κ2) is 6.11. The zero-order valence-corrected chi connectivity index (χ0v) is 15.1. The van der Waals surface area contributed by atoms with E-state index < -0.39 is 21.8 Å². The van der Waals surface area contributed by atoms with Crippen molar-refractivity contribution in [2.45, 2.75) is 11.1 Å². The molecule has 2 heterocycles. The number of alkyl halides is 3. The summed E-state index contributed by atoms with van der Waals surface area (Å²) in [7, 11) is -2.36. The Morgan fingerprint density at radius 1 is 1.20 bits per heavy atom. The number of aromatic nitrogens is 2. The van der Waals surface area contributed by atoms with Gasteiger partial charge in [0.2, 0.25) is 10.0 Å². The maximum absolute atomic E-state index is 12.7. The topological polar surface area (TPSA) is 64.0 Å². The van der Waals surface area contributed by atoms with Gasteiger partial charge in [0.05, 0.1) is 5.56 Å². The Morgan fingerprint density at radius 2 is 1.84 bits per heavy atom. The van der Waals surface area contributed by atoms with Gasteiger partial charge >= 0.3 is 6.18 Å². The molecule has 0 saturated carbocycles. The molecule has 0 bridgehead atoms. The van der Waals surface area contributed by atoms with Gasteiger partial charge in [0.15, 0.2) is 0 Å². The van der Waals surface area contributed by atoms with E-state index in [1.54, 1.807) is 10.8 Å².